The van der Waals surface area contributed by atoms with Crippen molar-refractivity contribution in [2.75, 3.05) is 27.4 Å². The zero-order chi connectivity index (χ0) is 21.1. The summed E-state index contributed by atoms with van der Waals surface area (Å²) in [5.41, 5.74) is 1.86. The summed E-state index contributed by atoms with van der Waals surface area (Å²) in [7, 11) is 3.21. The molecule has 0 bridgehead atoms. The van der Waals surface area contributed by atoms with E-state index in [2.05, 4.69) is 6.07 Å². The van der Waals surface area contributed by atoms with Gasteiger partial charge in [-0.3, -0.25) is 4.79 Å². The lowest BCUT2D eigenvalue weighted by Gasteiger charge is -2.46. The van der Waals surface area contributed by atoms with Crippen LogP contribution in [0.2, 0.25) is 0 Å². The van der Waals surface area contributed by atoms with Crippen LogP contribution < -0.4 is 14.2 Å². The number of benzene rings is 2. The fourth-order valence-electron chi connectivity index (χ4n) is 4.49. The Labute approximate surface area is 176 Å². The molecule has 0 aliphatic carbocycles. The Kier molecular flexibility index (Phi) is 5.65. The van der Waals surface area contributed by atoms with Crippen molar-refractivity contribution in [2.24, 2.45) is 5.92 Å². The van der Waals surface area contributed by atoms with Crippen molar-refractivity contribution in [3.8, 4) is 34.4 Å². The van der Waals surface area contributed by atoms with Crippen molar-refractivity contribution in [1.29, 1.82) is 5.26 Å². The number of Topliss-reactive ketones (excluding diaryl/α,β-unsaturated/α-hetero) is 1. The standard InChI is InChI=1S/C24H25NO5/c1-27-20-8-6-17(15-22(20)28-2)16-5-7-18-21(14-16)30-24(9-12-29-13-10-24)19(23(18)26)4-3-11-25/h5-8,14-15,19H,3-4,9-10,12-13H2,1-2H3. The van der Waals surface area contributed by atoms with Gasteiger partial charge in [-0.1, -0.05) is 12.1 Å². The molecule has 0 radical (unpaired) electrons. The van der Waals surface area contributed by atoms with E-state index in [4.69, 9.17) is 24.2 Å². The highest BCUT2D eigenvalue weighted by molar-refractivity contribution is 6.02. The molecule has 1 atom stereocenters. The minimum absolute atomic E-state index is 0.0623. The van der Waals surface area contributed by atoms with Crippen LogP contribution in [0.15, 0.2) is 36.4 Å². The molecule has 1 saturated heterocycles. The molecule has 4 rings (SSSR count). The molecule has 0 amide bonds. The topological polar surface area (TPSA) is 77.8 Å². The maximum atomic E-state index is 13.4. The number of methoxy groups -OCH3 is 2. The smallest absolute Gasteiger partial charge is 0.173 e. The number of carbonyl (C=O) groups excluding carboxylic acids is 1. The van der Waals surface area contributed by atoms with E-state index >= 15 is 0 Å². The van der Waals surface area contributed by atoms with Crippen LogP contribution in [0.4, 0.5) is 0 Å². The van der Waals surface area contributed by atoms with Gasteiger partial charge in [0.15, 0.2) is 17.3 Å². The summed E-state index contributed by atoms with van der Waals surface area (Å²) in [6, 6.07) is 13.6. The number of carbonyl (C=O) groups is 1. The monoisotopic (exact) mass is 407 g/mol. The van der Waals surface area contributed by atoms with E-state index in [9.17, 15) is 4.79 Å². The summed E-state index contributed by atoms with van der Waals surface area (Å²) in [4.78, 5) is 13.4. The first kappa shape index (κ1) is 20.2. The number of ketones is 1. The van der Waals surface area contributed by atoms with E-state index in [0.717, 1.165) is 11.1 Å². The third-order valence-corrected chi connectivity index (χ3v) is 6.11. The SMILES string of the molecule is COc1ccc(-c2ccc3c(c2)OC2(CCOCC2)C(CCC#N)C3=O)cc1OC. The highest BCUT2D eigenvalue weighted by Gasteiger charge is 2.50. The van der Waals surface area contributed by atoms with Crippen molar-refractivity contribution in [1.82, 2.24) is 0 Å². The van der Waals surface area contributed by atoms with E-state index in [-0.39, 0.29) is 11.7 Å². The van der Waals surface area contributed by atoms with Crippen molar-refractivity contribution in [3.05, 3.63) is 42.0 Å². The number of nitrogens with zero attached hydrogens (tertiary/aromatic N) is 1. The molecule has 0 N–H and O–H groups in total. The Balaban J connectivity index is 1.73. The van der Waals surface area contributed by atoms with Gasteiger partial charge in [0.1, 0.15) is 11.4 Å². The zero-order valence-electron chi connectivity index (χ0n) is 17.3. The van der Waals surface area contributed by atoms with Crippen LogP contribution in [0.3, 0.4) is 0 Å². The van der Waals surface area contributed by atoms with Gasteiger partial charge in [-0.25, -0.2) is 0 Å². The Morgan fingerprint density at radius 1 is 1.07 bits per heavy atom. The van der Waals surface area contributed by atoms with Gasteiger partial charge in [0, 0.05) is 19.3 Å². The lowest BCUT2D eigenvalue weighted by molar-refractivity contribution is -0.0790. The van der Waals surface area contributed by atoms with Gasteiger partial charge in [-0.05, 0) is 41.8 Å². The van der Waals surface area contributed by atoms with Crippen molar-refractivity contribution >= 4 is 5.78 Å². The van der Waals surface area contributed by atoms with Gasteiger partial charge < -0.3 is 18.9 Å². The molecule has 2 heterocycles. The minimum atomic E-state index is -0.602. The Morgan fingerprint density at radius 2 is 1.77 bits per heavy atom. The van der Waals surface area contributed by atoms with E-state index in [1.54, 1.807) is 14.2 Å². The fraction of sp³-hybridized carbons (Fsp3) is 0.417. The predicted molar refractivity (Wildman–Crippen MR) is 111 cm³/mol. The normalized spacial score (nSPS) is 19.5. The molecule has 2 aliphatic rings. The number of nitriles is 1. The summed E-state index contributed by atoms with van der Waals surface area (Å²) in [6.45, 7) is 1.11. The van der Waals surface area contributed by atoms with E-state index in [1.807, 2.05) is 36.4 Å². The molecule has 2 aromatic rings. The van der Waals surface area contributed by atoms with Gasteiger partial charge in [-0.2, -0.15) is 5.26 Å². The van der Waals surface area contributed by atoms with Crippen LogP contribution in [0.1, 0.15) is 36.0 Å². The highest BCUT2D eigenvalue weighted by atomic mass is 16.5. The Hall–Kier alpha value is -3.04. The zero-order valence-corrected chi connectivity index (χ0v) is 17.3. The summed E-state index contributed by atoms with van der Waals surface area (Å²) >= 11 is 0. The predicted octanol–water partition coefficient (Wildman–Crippen LogP) is 4.42. The van der Waals surface area contributed by atoms with Crippen LogP contribution in [0.25, 0.3) is 11.1 Å². The third-order valence-electron chi connectivity index (χ3n) is 6.11. The quantitative estimate of drug-likeness (QED) is 0.730. The van der Waals surface area contributed by atoms with Crippen molar-refractivity contribution in [2.45, 2.75) is 31.3 Å². The van der Waals surface area contributed by atoms with E-state index < -0.39 is 5.60 Å². The second-order valence-electron chi connectivity index (χ2n) is 7.67. The summed E-state index contributed by atoms with van der Waals surface area (Å²) in [5.74, 6) is 1.64. The summed E-state index contributed by atoms with van der Waals surface area (Å²) in [5, 5.41) is 9.06. The maximum absolute atomic E-state index is 13.4. The van der Waals surface area contributed by atoms with Crippen LogP contribution in [0, 0.1) is 17.2 Å². The van der Waals surface area contributed by atoms with Crippen LogP contribution >= 0.6 is 0 Å². The Bertz CT molecular complexity index is 988. The molecule has 1 fully saturated rings. The first-order chi connectivity index (χ1) is 14.6. The number of hydrogen-bond acceptors (Lipinski definition) is 6. The molecule has 156 valence electrons. The van der Waals surface area contributed by atoms with Crippen LogP contribution in [-0.4, -0.2) is 38.8 Å². The molecule has 6 nitrogen and oxygen atoms in total. The molecule has 0 saturated carbocycles. The number of hydrogen-bond donors (Lipinski definition) is 0. The molecule has 0 aromatic heterocycles. The maximum Gasteiger partial charge on any atom is 0.173 e. The molecular weight excluding hydrogens is 382 g/mol. The van der Waals surface area contributed by atoms with Gasteiger partial charge in [0.05, 0.1) is 45.0 Å². The van der Waals surface area contributed by atoms with Gasteiger partial charge in [0.25, 0.3) is 0 Å². The molecule has 2 aliphatic heterocycles. The molecule has 30 heavy (non-hydrogen) atoms. The molecule has 6 heteroatoms. The first-order valence-electron chi connectivity index (χ1n) is 10.2. The lowest BCUT2D eigenvalue weighted by atomic mass is 9.72. The van der Waals surface area contributed by atoms with Crippen molar-refractivity contribution in [3.63, 3.8) is 0 Å². The van der Waals surface area contributed by atoms with E-state index in [0.29, 0.717) is 61.7 Å². The Morgan fingerprint density at radius 3 is 2.47 bits per heavy atom. The number of fused-ring (bicyclic) bond motifs is 1. The second kappa shape index (κ2) is 8.37. The second-order valence-corrected chi connectivity index (χ2v) is 7.67. The van der Waals surface area contributed by atoms with Gasteiger partial charge >= 0.3 is 0 Å². The minimum Gasteiger partial charge on any atom is -0.493 e. The molecular formula is C24H25NO5. The highest BCUT2D eigenvalue weighted by Crippen LogP contribution is 2.45. The summed E-state index contributed by atoms with van der Waals surface area (Å²) < 4.78 is 22.8. The average molecular weight is 407 g/mol. The lowest BCUT2D eigenvalue weighted by Crippen LogP contribution is -2.53. The third kappa shape index (κ3) is 3.50. The first-order valence-corrected chi connectivity index (χ1v) is 10.2. The molecule has 2 aromatic carbocycles. The van der Waals surface area contributed by atoms with Gasteiger partial charge in [0.2, 0.25) is 0 Å². The average Bonchev–Trinajstić information content (AvgIpc) is 2.78. The summed E-state index contributed by atoms with van der Waals surface area (Å²) in [6.07, 6.45) is 2.14. The number of ether oxygens (including phenoxy) is 4. The van der Waals surface area contributed by atoms with Crippen molar-refractivity contribution < 1.29 is 23.7 Å². The molecule has 1 spiro atoms. The number of rotatable bonds is 5. The van der Waals surface area contributed by atoms with E-state index in [1.165, 1.54) is 0 Å². The largest absolute Gasteiger partial charge is 0.493 e. The van der Waals surface area contributed by atoms with Gasteiger partial charge in [-0.15, -0.1) is 0 Å². The van der Waals surface area contributed by atoms with Crippen LogP contribution in [0.5, 0.6) is 17.2 Å². The fourth-order valence-corrected chi connectivity index (χ4v) is 4.49. The molecule has 1 unspecified atom stereocenters. The van der Waals surface area contributed by atoms with Crippen LogP contribution in [-0.2, 0) is 4.74 Å².